The summed E-state index contributed by atoms with van der Waals surface area (Å²) in [6.07, 6.45) is 3.45. The largest absolute Gasteiger partial charge is 0.338 e. The van der Waals surface area contributed by atoms with Crippen LogP contribution in [0.4, 0.5) is 0 Å². The number of nitrogens with zero attached hydrogens (tertiary/aromatic N) is 4. The van der Waals surface area contributed by atoms with Gasteiger partial charge < -0.3 is 4.90 Å². The molecule has 3 rings (SSSR count). The molecule has 6 nitrogen and oxygen atoms in total. The van der Waals surface area contributed by atoms with Crippen molar-refractivity contribution in [2.75, 3.05) is 13.1 Å². The fourth-order valence-corrected chi connectivity index (χ4v) is 4.16. The molecular formula is C18H24N4O2S. The van der Waals surface area contributed by atoms with Crippen molar-refractivity contribution in [1.82, 2.24) is 19.4 Å². The number of likely N-dealkylation sites (tertiary alicyclic amines) is 1. The summed E-state index contributed by atoms with van der Waals surface area (Å²) in [6.45, 7) is 9.63. The van der Waals surface area contributed by atoms with Crippen LogP contribution in [0.5, 0.6) is 0 Å². The lowest BCUT2D eigenvalue weighted by molar-refractivity contribution is 0.0686. The Labute approximate surface area is 151 Å². The summed E-state index contributed by atoms with van der Waals surface area (Å²) in [5, 5.41) is 0.928. The Morgan fingerprint density at radius 1 is 1.20 bits per heavy atom. The monoisotopic (exact) mass is 360 g/mol. The first kappa shape index (κ1) is 17.8. The Morgan fingerprint density at radius 3 is 2.48 bits per heavy atom. The zero-order valence-electron chi connectivity index (χ0n) is 15.2. The van der Waals surface area contributed by atoms with E-state index in [-0.39, 0.29) is 11.5 Å². The van der Waals surface area contributed by atoms with Crippen molar-refractivity contribution in [2.24, 2.45) is 5.92 Å². The van der Waals surface area contributed by atoms with Crippen molar-refractivity contribution in [2.45, 2.75) is 47.1 Å². The second-order valence-corrected chi connectivity index (χ2v) is 8.00. The Bertz CT molecular complexity index is 847. The van der Waals surface area contributed by atoms with Crippen LogP contribution in [0.25, 0.3) is 0 Å². The fraction of sp³-hybridized carbons (Fsp3) is 0.556. The van der Waals surface area contributed by atoms with Gasteiger partial charge in [-0.3, -0.25) is 14.2 Å². The summed E-state index contributed by atoms with van der Waals surface area (Å²) in [7, 11) is 0. The second-order valence-electron chi connectivity index (χ2n) is 6.80. The summed E-state index contributed by atoms with van der Waals surface area (Å²) in [5.74, 6) is 0.488. The number of aromatic nitrogens is 3. The molecule has 3 heterocycles. The lowest BCUT2D eigenvalue weighted by Gasteiger charge is -2.32. The molecule has 25 heavy (non-hydrogen) atoms. The van der Waals surface area contributed by atoms with E-state index < -0.39 is 0 Å². The van der Waals surface area contributed by atoms with E-state index in [0.717, 1.165) is 47.2 Å². The number of aryl methyl sites for hydroxylation is 3. The topological polar surface area (TPSA) is 68.1 Å². The number of piperidine rings is 1. The van der Waals surface area contributed by atoms with Gasteiger partial charge in [-0.15, -0.1) is 11.3 Å². The molecule has 2 aromatic heterocycles. The van der Waals surface area contributed by atoms with Gasteiger partial charge in [0.15, 0.2) is 0 Å². The lowest BCUT2D eigenvalue weighted by atomic mass is 9.96. The molecule has 1 fully saturated rings. The van der Waals surface area contributed by atoms with Crippen LogP contribution in [-0.2, 0) is 6.54 Å². The number of rotatable bonds is 3. The first-order chi connectivity index (χ1) is 11.9. The van der Waals surface area contributed by atoms with Crippen LogP contribution >= 0.6 is 11.3 Å². The summed E-state index contributed by atoms with van der Waals surface area (Å²) < 4.78 is 1.71. The Hall–Kier alpha value is -2.02. The van der Waals surface area contributed by atoms with Gasteiger partial charge >= 0.3 is 0 Å². The molecule has 7 heteroatoms. The van der Waals surface area contributed by atoms with Crippen LogP contribution in [0, 0.1) is 33.6 Å². The molecular weight excluding hydrogens is 336 g/mol. The predicted molar refractivity (Wildman–Crippen MR) is 98.2 cm³/mol. The Balaban J connectivity index is 1.62. The number of amides is 1. The van der Waals surface area contributed by atoms with Crippen LogP contribution < -0.4 is 5.56 Å². The smallest absolute Gasteiger partial charge is 0.265 e. The number of hydrogen-bond acceptors (Lipinski definition) is 5. The minimum Gasteiger partial charge on any atom is -0.338 e. The van der Waals surface area contributed by atoms with E-state index in [1.807, 2.05) is 32.6 Å². The maximum Gasteiger partial charge on any atom is 0.265 e. The van der Waals surface area contributed by atoms with E-state index in [1.165, 1.54) is 11.3 Å². The van der Waals surface area contributed by atoms with E-state index >= 15 is 0 Å². The molecule has 0 radical (unpaired) electrons. The van der Waals surface area contributed by atoms with Gasteiger partial charge in [-0.25, -0.2) is 9.97 Å². The molecule has 2 aromatic rings. The molecule has 0 atom stereocenters. The van der Waals surface area contributed by atoms with Gasteiger partial charge in [-0.1, -0.05) is 0 Å². The van der Waals surface area contributed by atoms with Gasteiger partial charge in [-0.05, 0) is 46.5 Å². The molecule has 0 bridgehead atoms. The van der Waals surface area contributed by atoms with Gasteiger partial charge in [0.2, 0.25) is 0 Å². The molecule has 134 valence electrons. The Morgan fingerprint density at radius 2 is 1.88 bits per heavy atom. The summed E-state index contributed by atoms with van der Waals surface area (Å²) in [6, 6.07) is 0. The average molecular weight is 360 g/mol. The van der Waals surface area contributed by atoms with Gasteiger partial charge in [0.25, 0.3) is 11.5 Å². The number of hydrogen-bond donors (Lipinski definition) is 0. The third-order valence-electron chi connectivity index (χ3n) is 4.97. The number of carbonyl (C=O) groups is 1. The fourth-order valence-electron chi connectivity index (χ4n) is 3.28. The van der Waals surface area contributed by atoms with Gasteiger partial charge in [0, 0.05) is 30.9 Å². The van der Waals surface area contributed by atoms with E-state index in [9.17, 15) is 9.59 Å². The molecule has 0 saturated carbocycles. The molecule has 0 unspecified atom stereocenters. The van der Waals surface area contributed by atoms with Crippen LogP contribution in [0.1, 0.15) is 44.5 Å². The maximum atomic E-state index is 12.7. The second kappa shape index (κ2) is 7.07. The van der Waals surface area contributed by atoms with Crippen molar-refractivity contribution in [3.05, 3.63) is 43.5 Å². The molecule has 0 spiro atoms. The number of carbonyl (C=O) groups excluding carboxylic acids is 1. The van der Waals surface area contributed by atoms with Gasteiger partial charge in [0.1, 0.15) is 4.88 Å². The predicted octanol–water partition coefficient (Wildman–Crippen LogP) is 2.49. The summed E-state index contributed by atoms with van der Waals surface area (Å²) >= 11 is 1.47. The van der Waals surface area contributed by atoms with Crippen LogP contribution in [0.2, 0.25) is 0 Å². The van der Waals surface area contributed by atoms with Crippen molar-refractivity contribution in [3.63, 3.8) is 0 Å². The molecule has 1 saturated heterocycles. The van der Waals surface area contributed by atoms with E-state index in [4.69, 9.17) is 0 Å². The summed E-state index contributed by atoms with van der Waals surface area (Å²) in [5.41, 5.74) is 2.37. The molecule has 1 amide bonds. The van der Waals surface area contributed by atoms with Crippen molar-refractivity contribution < 1.29 is 4.79 Å². The standard InChI is InChI=1S/C18H24N4O2S/c1-11-12(2)19-10-22(17(11)23)9-15-5-7-21(8-6-15)18(24)16-13(3)20-14(4)25-16/h10,15H,5-9H2,1-4H3. The van der Waals surface area contributed by atoms with Gasteiger partial charge in [-0.2, -0.15) is 0 Å². The number of thiazole rings is 1. The van der Waals surface area contributed by atoms with Gasteiger partial charge in [0.05, 0.1) is 17.0 Å². The van der Waals surface area contributed by atoms with E-state index in [0.29, 0.717) is 18.0 Å². The van der Waals surface area contributed by atoms with Crippen LogP contribution in [-0.4, -0.2) is 38.4 Å². The normalized spacial score (nSPS) is 15.6. The van der Waals surface area contributed by atoms with E-state index in [1.54, 1.807) is 10.9 Å². The van der Waals surface area contributed by atoms with Crippen molar-refractivity contribution in [1.29, 1.82) is 0 Å². The highest BCUT2D eigenvalue weighted by Crippen LogP contribution is 2.24. The first-order valence-electron chi connectivity index (χ1n) is 8.62. The van der Waals surface area contributed by atoms with E-state index in [2.05, 4.69) is 9.97 Å². The highest BCUT2D eigenvalue weighted by molar-refractivity contribution is 7.13. The van der Waals surface area contributed by atoms with Crippen molar-refractivity contribution in [3.8, 4) is 0 Å². The highest BCUT2D eigenvalue weighted by atomic mass is 32.1. The lowest BCUT2D eigenvalue weighted by Crippen LogP contribution is -2.40. The quantitative estimate of drug-likeness (QED) is 0.843. The Kier molecular flexibility index (Phi) is 5.03. The zero-order chi connectivity index (χ0) is 18.1. The molecule has 0 aromatic carbocycles. The SMILES string of the molecule is Cc1nc(C)c(C(=O)N2CCC(Cn3cnc(C)c(C)c3=O)CC2)s1. The summed E-state index contributed by atoms with van der Waals surface area (Å²) in [4.78, 5) is 36.3. The molecule has 1 aliphatic rings. The maximum absolute atomic E-state index is 12.7. The highest BCUT2D eigenvalue weighted by Gasteiger charge is 2.26. The third-order valence-corrected chi connectivity index (χ3v) is 6.03. The molecule has 0 aliphatic carbocycles. The van der Waals surface area contributed by atoms with Crippen LogP contribution in [0.3, 0.4) is 0 Å². The third kappa shape index (κ3) is 3.66. The zero-order valence-corrected chi connectivity index (χ0v) is 16.0. The molecule has 1 aliphatic heterocycles. The minimum absolute atomic E-state index is 0.0433. The van der Waals surface area contributed by atoms with Crippen LogP contribution in [0.15, 0.2) is 11.1 Å². The first-order valence-corrected chi connectivity index (χ1v) is 9.44. The molecule has 0 N–H and O–H groups in total. The average Bonchev–Trinajstić information content (AvgIpc) is 2.94. The minimum atomic E-state index is 0.0433. The van der Waals surface area contributed by atoms with Crippen molar-refractivity contribution >= 4 is 17.2 Å².